The molecule has 1 unspecified atom stereocenters. The molecule has 136 valence electrons. The van der Waals surface area contributed by atoms with Crippen molar-refractivity contribution in [1.82, 2.24) is 5.32 Å². The number of hydrogen-bond donors (Lipinski definition) is 2. The summed E-state index contributed by atoms with van der Waals surface area (Å²) < 4.78 is 5.34. The van der Waals surface area contributed by atoms with Crippen molar-refractivity contribution in [3.8, 4) is 0 Å². The first-order valence-corrected chi connectivity index (χ1v) is 8.64. The van der Waals surface area contributed by atoms with Crippen LogP contribution in [0.1, 0.15) is 15.9 Å². The van der Waals surface area contributed by atoms with Crippen LogP contribution in [0.3, 0.4) is 0 Å². The highest BCUT2D eigenvalue weighted by molar-refractivity contribution is 5.96. The van der Waals surface area contributed by atoms with E-state index in [1.54, 1.807) is 12.1 Å². The third kappa shape index (κ3) is 4.61. The van der Waals surface area contributed by atoms with Crippen molar-refractivity contribution in [2.75, 3.05) is 31.2 Å². The number of nitrogens with zero attached hydrogens (tertiary/aromatic N) is 1. The Labute approximate surface area is 152 Å². The molecule has 3 rings (SSSR count). The monoisotopic (exact) mass is 354 g/mol. The second kappa shape index (κ2) is 8.49. The standard InChI is InChI=1S/C20H22N2O4/c23-19(21-18(20(24)25)14-15-4-2-1-3-5-15)16-6-8-17(9-7-16)22-10-12-26-13-11-22/h1-9,18H,10-14H2,(H,21,23)(H,24,25). The first-order valence-electron chi connectivity index (χ1n) is 8.64. The number of carboxylic acid groups (broad SMARTS) is 1. The van der Waals surface area contributed by atoms with Crippen LogP contribution in [-0.4, -0.2) is 49.3 Å². The van der Waals surface area contributed by atoms with E-state index < -0.39 is 12.0 Å². The van der Waals surface area contributed by atoms with Gasteiger partial charge >= 0.3 is 5.97 Å². The summed E-state index contributed by atoms with van der Waals surface area (Å²) in [5.41, 5.74) is 2.34. The number of carbonyl (C=O) groups excluding carboxylic acids is 1. The fourth-order valence-corrected chi connectivity index (χ4v) is 2.94. The highest BCUT2D eigenvalue weighted by Gasteiger charge is 2.21. The number of carbonyl (C=O) groups is 2. The second-order valence-electron chi connectivity index (χ2n) is 6.20. The van der Waals surface area contributed by atoms with Gasteiger partial charge in [-0.2, -0.15) is 0 Å². The smallest absolute Gasteiger partial charge is 0.326 e. The fourth-order valence-electron chi connectivity index (χ4n) is 2.94. The zero-order valence-corrected chi connectivity index (χ0v) is 14.4. The molecular formula is C20H22N2O4. The highest BCUT2D eigenvalue weighted by atomic mass is 16.5. The van der Waals surface area contributed by atoms with Crippen LogP contribution in [0.4, 0.5) is 5.69 Å². The fraction of sp³-hybridized carbons (Fsp3) is 0.300. The van der Waals surface area contributed by atoms with Crippen LogP contribution in [0, 0.1) is 0 Å². The molecule has 26 heavy (non-hydrogen) atoms. The van der Waals surface area contributed by atoms with Gasteiger partial charge in [0.2, 0.25) is 0 Å². The lowest BCUT2D eigenvalue weighted by atomic mass is 10.1. The van der Waals surface area contributed by atoms with Gasteiger partial charge in [-0.25, -0.2) is 4.79 Å². The molecule has 0 spiro atoms. The molecule has 2 N–H and O–H groups in total. The number of anilines is 1. The lowest BCUT2D eigenvalue weighted by molar-refractivity contribution is -0.139. The average molecular weight is 354 g/mol. The Balaban J connectivity index is 1.64. The first-order chi connectivity index (χ1) is 12.6. The van der Waals surface area contributed by atoms with Crippen molar-refractivity contribution in [2.45, 2.75) is 12.5 Å². The minimum absolute atomic E-state index is 0.244. The number of aliphatic carboxylic acids is 1. The van der Waals surface area contributed by atoms with E-state index in [1.165, 1.54) is 0 Å². The summed E-state index contributed by atoms with van der Waals surface area (Å²) in [4.78, 5) is 26.1. The normalized spacial score (nSPS) is 15.3. The van der Waals surface area contributed by atoms with Crippen molar-refractivity contribution in [1.29, 1.82) is 0 Å². The van der Waals surface area contributed by atoms with Crippen molar-refractivity contribution < 1.29 is 19.4 Å². The van der Waals surface area contributed by atoms with E-state index in [-0.39, 0.29) is 12.3 Å². The third-order valence-electron chi connectivity index (χ3n) is 4.39. The molecule has 6 nitrogen and oxygen atoms in total. The molecule has 0 radical (unpaired) electrons. The zero-order valence-electron chi connectivity index (χ0n) is 14.4. The summed E-state index contributed by atoms with van der Waals surface area (Å²) in [6.45, 7) is 3.04. The van der Waals surface area contributed by atoms with E-state index in [4.69, 9.17) is 4.74 Å². The van der Waals surface area contributed by atoms with Gasteiger partial charge in [0.1, 0.15) is 6.04 Å². The van der Waals surface area contributed by atoms with Gasteiger partial charge in [-0.1, -0.05) is 30.3 Å². The highest BCUT2D eigenvalue weighted by Crippen LogP contribution is 2.17. The minimum atomic E-state index is -1.05. The topological polar surface area (TPSA) is 78.9 Å². The quantitative estimate of drug-likeness (QED) is 0.829. The molecule has 6 heteroatoms. The van der Waals surface area contributed by atoms with Crippen molar-refractivity contribution in [3.63, 3.8) is 0 Å². The van der Waals surface area contributed by atoms with Crippen LogP contribution in [0.5, 0.6) is 0 Å². The molecule has 1 aliphatic rings. The Morgan fingerprint density at radius 3 is 2.31 bits per heavy atom. The molecule has 0 aliphatic carbocycles. The number of rotatable bonds is 6. The maximum Gasteiger partial charge on any atom is 0.326 e. The Morgan fingerprint density at radius 2 is 1.69 bits per heavy atom. The van der Waals surface area contributed by atoms with Crippen LogP contribution in [-0.2, 0) is 16.0 Å². The molecule has 1 amide bonds. The van der Waals surface area contributed by atoms with Gasteiger partial charge in [-0.05, 0) is 29.8 Å². The molecule has 1 heterocycles. The van der Waals surface area contributed by atoms with Crippen LogP contribution in [0.2, 0.25) is 0 Å². The van der Waals surface area contributed by atoms with Crippen molar-refractivity contribution in [2.24, 2.45) is 0 Å². The Kier molecular flexibility index (Phi) is 5.86. The largest absolute Gasteiger partial charge is 0.480 e. The molecular weight excluding hydrogens is 332 g/mol. The van der Waals surface area contributed by atoms with E-state index in [0.29, 0.717) is 18.8 Å². The lowest BCUT2D eigenvalue weighted by Gasteiger charge is -2.28. The van der Waals surface area contributed by atoms with Crippen LogP contribution >= 0.6 is 0 Å². The summed E-state index contributed by atoms with van der Waals surface area (Å²) in [5, 5.41) is 12.0. The van der Waals surface area contributed by atoms with E-state index in [1.807, 2.05) is 42.5 Å². The third-order valence-corrected chi connectivity index (χ3v) is 4.39. The predicted molar refractivity (Wildman–Crippen MR) is 98.5 cm³/mol. The summed E-state index contributed by atoms with van der Waals surface area (Å²) in [6.07, 6.45) is 0.244. The molecule has 0 saturated carbocycles. The summed E-state index contributed by atoms with van der Waals surface area (Å²) >= 11 is 0. The van der Waals surface area contributed by atoms with Crippen molar-refractivity contribution in [3.05, 3.63) is 65.7 Å². The summed E-state index contributed by atoms with van der Waals surface area (Å²) in [7, 11) is 0. The number of morpholine rings is 1. The van der Waals surface area contributed by atoms with Gasteiger partial charge in [0, 0.05) is 30.8 Å². The van der Waals surface area contributed by atoms with Gasteiger partial charge in [-0.3, -0.25) is 4.79 Å². The van der Waals surface area contributed by atoms with Gasteiger partial charge in [0.25, 0.3) is 5.91 Å². The van der Waals surface area contributed by atoms with Gasteiger partial charge in [0.05, 0.1) is 13.2 Å². The number of ether oxygens (including phenoxy) is 1. The number of carboxylic acids is 1. The molecule has 2 aromatic rings. The van der Waals surface area contributed by atoms with E-state index in [9.17, 15) is 14.7 Å². The SMILES string of the molecule is O=C(NC(Cc1ccccc1)C(=O)O)c1ccc(N2CCOCC2)cc1. The van der Waals surface area contributed by atoms with Crippen LogP contribution in [0.15, 0.2) is 54.6 Å². The Bertz CT molecular complexity index is 740. The predicted octanol–water partition coefficient (Wildman–Crippen LogP) is 1.95. The number of amides is 1. The minimum Gasteiger partial charge on any atom is -0.480 e. The maximum atomic E-state index is 12.4. The van der Waals surface area contributed by atoms with Crippen LogP contribution in [0.25, 0.3) is 0 Å². The second-order valence-corrected chi connectivity index (χ2v) is 6.20. The number of hydrogen-bond acceptors (Lipinski definition) is 4. The van der Waals surface area contributed by atoms with Gasteiger partial charge in [0.15, 0.2) is 0 Å². The average Bonchev–Trinajstić information content (AvgIpc) is 2.69. The Hall–Kier alpha value is -2.86. The van der Waals surface area contributed by atoms with Gasteiger partial charge in [-0.15, -0.1) is 0 Å². The number of benzene rings is 2. The molecule has 0 bridgehead atoms. The molecule has 1 atom stereocenters. The van der Waals surface area contributed by atoms with E-state index >= 15 is 0 Å². The van der Waals surface area contributed by atoms with Crippen LogP contribution < -0.4 is 10.2 Å². The summed E-state index contributed by atoms with van der Waals surface area (Å²) in [5.74, 6) is -1.44. The van der Waals surface area contributed by atoms with E-state index in [2.05, 4.69) is 10.2 Å². The van der Waals surface area contributed by atoms with Gasteiger partial charge < -0.3 is 20.1 Å². The number of nitrogens with one attached hydrogen (secondary N) is 1. The maximum absolute atomic E-state index is 12.4. The first kappa shape index (κ1) is 17.9. The van der Waals surface area contributed by atoms with Crippen molar-refractivity contribution >= 4 is 17.6 Å². The molecule has 1 saturated heterocycles. The molecule has 0 aromatic heterocycles. The van der Waals surface area contributed by atoms with E-state index in [0.717, 1.165) is 24.3 Å². The Morgan fingerprint density at radius 1 is 1.04 bits per heavy atom. The summed E-state index contributed by atoms with van der Waals surface area (Å²) in [6, 6.07) is 15.5. The zero-order chi connectivity index (χ0) is 18.4. The lowest BCUT2D eigenvalue weighted by Crippen LogP contribution is -2.42. The molecule has 1 aliphatic heterocycles. The molecule has 1 fully saturated rings. The molecule has 2 aromatic carbocycles.